The number of fused-ring (bicyclic) bond motifs is 1. The predicted octanol–water partition coefficient (Wildman–Crippen LogP) is 2.85. The largest absolute Gasteiger partial charge is 0.354 e. The Morgan fingerprint density at radius 2 is 2.17 bits per heavy atom. The number of nitrogens with zero attached hydrogens (tertiary/aromatic N) is 2. The van der Waals surface area contributed by atoms with E-state index >= 15 is 0 Å². The molecule has 2 heterocycles. The molecule has 0 bridgehead atoms. The third-order valence-electron chi connectivity index (χ3n) is 3.78. The van der Waals surface area contributed by atoms with Crippen LogP contribution < -0.4 is 10.2 Å². The van der Waals surface area contributed by atoms with Crippen LogP contribution in [0.4, 0.5) is 5.69 Å². The Bertz CT molecular complexity index is 577. The number of anilines is 1. The van der Waals surface area contributed by atoms with Crippen LogP contribution in [-0.4, -0.2) is 34.6 Å². The summed E-state index contributed by atoms with van der Waals surface area (Å²) >= 11 is 1.40. The van der Waals surface area contributed by atoms with Crippen molar-refractivity contribution in [2.24, 2.45) is 5.92 Å². The van der Waals surface area contributed by atoms with Gasteiger partial charge in [0.25, 0.3) is 0 Å². The van der Waals surface area contributed by atoms with Gasteiger partial charge < -0.3 is 10.2 Å². The summed E-state index contributed by atoms with van der Waals surface area (Å²) in [6.45, 7) is 8.79. The number of hydrogen-bond donors (Lipinski definition) is 1. The Morgan fingerprint density at radius 3 is 2.83 bits per heavy atom. The lowest BCUT2D eigenvalue weighted by molar-refractivity contribution is -0.125. The molecule has 2 atom stereocenters. The molecule has 2 unspecified atom stereocenters. The van der Waals surface area contributed by atoms with Gasteiger partial charge >= 0.3 is 0 Å². The first-order valence-corrected chi connectivity index (χ1v) is 9.02. The highest BCUT2D eigenvalue weighted by Crippen LogP contribution is 2.39. The smallest absolute Gasteiger partial charge is 0.241 e. The molecule has 1 aliphatic rings. The summed E-state index contributed by atoms with van der Waals surface area (Å²) in [5.74, 6) is 0.280. The van der Waals surface area contributed by atoms with Crippen molar-refractivity contribution in [1.82, 2.24) is 10.3 Å². The molecule has 1 aliphatic heterocycles. The van der Waals surface area contributed by atoms with E-state index in [1.165, 1.54) is 11.8 Å². The number of rotatable bonds is 6. The third kappa shape index (κ3) is 4.47. The highest BCUT2D eigenvalue weighted by atomic mass is 32.2. The van der Waals surface area contributed by atoms with E-state index < -0.39 is 5.25 Å². The fraction of sp³-hybridized carbons (Fsp3) is 0.588. The van der Waals surface area contributed by atoms with Crippen molar-refractivity contribution in [3.05, 3.63) is 18.3 Å². The maximum Gasteiger partial charge on any atom is 0.241 e. The Kier molecular flexibility index (Phi) is 6.04. The molecule has 0 saturated heterocycles. The van der Waals surface area contributed by atoms with E-state index in [0.717, 1.165) is 17.1 Å². The number of carbonyl (C=O) groups excluding carboxylic acids is 2. The summed E-state index contributed by atoms with van der Waals surface area (Å²) in [4.78, 5) is 31.1. The van der Waals surface area contributed by atoms with E-state index in [4.69, 9.17) is 0 Å². The van der Waals surface area contributed by atoms with Crippen LogP contribution in [0, 0.1) is 5.92 Å². The SMILES string of the molecule is CCC(C)NC(=O)CC1Sc2ncccc2N(CC(C)C)C1=O. The van der Waals surface area contributed by atoms with Crippen LogP contribution in [0.2, 0.25) is 0 Å². The van der Waals surface area contributed by atoms with Gasteiger partial charge in [-0.2, -0.15) is 0 Å². The van der Waals surface area contributed by atoms with Crippen LogP contribution >= 0.6 is 11.8 Å². The van der Waals surface area contributed by atoms with Crippen LogP contribution in [0.1, 0.15) is 40.5 Å². The topological polar surface area (TPSA) is 62.3 Å². The van der Waals surface area contributed by atoms with Gasteiger partial charge in [-0.3, -0.25) is 9.59 Å². The molecule has 1 aromatic heterocycles. The summed E-state index contributed by atoms with van der Waals surface area (Å²) < 4.78 is 0. The molecule has 23 heavy (non-hydrogen) atoms. The van der Waals surface area contributed by atoms with Crippen molar-refractivity contribution in [2.75, 3.05) is 11.4 Å². The summed E-state index contributed by atoms with van der Waals surface area (Å²) in [5, 5.41) is 3.36. The van der Waals surface area contributed by atoms with Crippen molar-refractivity contribution >= 4 is 29.3 Å². The van der Waals surface area contributed by atoms with Crippen molar-refractivity contribution < 1.29 is 9.59 Å². The standard InChI is InChI=1S/C17H25N3O2S/c1-5-12(4)19-15(21)9-14-17(22)20(10-11(2)3)13-7-6-8-18-16(13)23-14/h6-8,11-12,14H,5,9-10H2,1-4H3,(H,19,21). The lowest BCUT2D eigenvalue weighted by atomic mass is 10.1. The summed E-state index contributed by atoms with van der Waals surface area (Å²) in [6, 6.07) is 3.89. The second kappa shape index (κ2) is 7.81. The van der Waals surface area contributed by atoms with Gasteiger partial charge in [0, 0.05) is 25.2 Å². The second-order valence-electron chi connectivity index (χ2n) is 6.36. The van der Waals surface area contributed by atoms with Crippen LogP contribution in [0.3, 0.4) is 0 Å². The summed E-state index contributed by atoms with van der Waals surface area (Å²) in [5.41, 5.74) is 0.856. The van der Waals surface area contributed by atoms with Gasteiger partial charge in [-0.15, -0.1) is 0 Å². The molecular weight excluding hydrogens is 310 g/mol. The molecule has 0 aliphatic carbocycles. The molecule has 2 amide bonds. The van der Waals surface area contributed by atoms with Crippen LogP contribution in [-0.2, 0) is 9.59 Å². The number of nitrogens with one attached hydrogen (secondary N) is 1. The van der Waals surface area contributed by atoms with Crippen LogP contribution in [0.15, 0.2) is 23.4 Å². The van der Waals surface area contributed by atoms with Crippen molar-refractivity contribution in [3.8, 4) is 0 Å². The predicted molar refractivity (Wildman–Crippen MR) is 93.6 cm³/mol. The van der Waals surface area contributed by atoms with E-state index in [2.05, 4.69) is 24.1 Å². The first-order valence-electron chi connectivity index (χ1n) is 8.14. The maximum atomic E-state index is 12.8. The second-order valence-corrected chi connectivity index (χ2v) is 7.55. The maximum absolute atomic E-state index is 12.8. The Hall–Kier alpha value is -1.56. The van der Waals surface area contributed by atoms with Gasteiger partial charge in [0.1, 0.15) is 5.03 Å². The average Bonchev–Trinajstić information content (AvgIpc) is 2.50. The first kappa shape index (κ1) is 17.8. The molecular formula is C17H25N3O2S. The minimum Gasteiger partial charge on any atom is -0.354 e. The van der Waals surface area contributed by atoms with Gasteiger partial charge in [-0.25, -0.2) is 4.98 Å². The number of aromatic nitrogens is 1. The highest BCUT2D eigenvalue weighted by Gasteiger charge is 2.35. The van der Waals surface area contributed by atoms with E-state index in [1.807, 2.05) is 26.0 Å². The van der Waals surface area contributed by atoms with Crippen LogP contribution in [0.25, 0.3) is 0 Å². The minimum absolute atomic E-state index is 0.00324. The van der Waals surface area contributed by atoms with Crippen molar-refractivity contribution in [3.63, 3.8) is 0 Å². The molecule has 0 fully saturated rings. The lowest BCUT2D eigenvalue weighted by Gasteiger charge is -2.33. The number of hydrogen-bond acceptors (Lipinski definition) is 4. The molecule has 1 aromatic rings. The van der Waals surface area contributed by atoms with Gasteiger partial charge in [0.15, 0.2) is 0 Å². The fourth-order valence-corrected chi connectivity index (χ4v) is 3.60. The molecule has 2 rings (SSSR count). The Labute approximate surface area is 142 Å². The fourth-order valence-electron chi connectivity index (χ4n) is 2.44. The zero-order valence-corrected chi connectivity index (χ0v) is 15.0. The molecule has 0 radical (unpaired) electrons. The average molecular weight is 335 g/mol. The molecule has 0 spiro atoms. The van der Waals surface area contributed by atoms with Gasteiger partial charge in [0.05, 0.1) is 10.9 Å². The van der Waals surface area contributed by atoms with Crippen molar-refractivity contribution in [2.45, 2.75) is 56.9 Å². The summed E-state index contributed by atoms with van der Waals surface area (Å²) in [7, 11) is 0. The van der Waals surface area contributed by atoms with E-state index in [1.54, 1.807) is 11.1 Å². The van der Waals surface area contributed by atoms with Gasteiger partial charge in [0.2, 0.25) is 11.8 Å². The minimum atomic E-state index is -0.403. The van der Waals surface area contributed by atoms with E-state index in [0.29, 0.717) is 12.5 Å². The molecule has 0 saturated carbocycles. The zero-order valence-electron chi connectivity index (χ0n) is 14.2. The zero-order chi connectivity index (χ0) is 17.0. The van der Waals surface area contributed by atoms with E-state index in [-0.39, 0.29) is 24.3 Å². The Morgan fingerprint density at radius 1 is 1.43 bits per heavy atom. The first-order chi connectivity index (χ1) is 10.9. The quantitative estimate of drug-likeness (QED) is 0.868. The highest BCUT2D eigenvalue weighted by molar-refractivity contribution is 8.00. The monoisotopic (exact) mass is 335 g/mol. The number of amides is 2. The number of thioether (sulfide) groups is 1. The normalized spacial score (nSPS) is 18.7. The molecule has 5 nitrogen and oxygen atoms in total. The molecule has 1 N–H and O–H groups in total. The Balaban J connectivity index is 2.17. The third-order valence-corrected chi connectivity index (χ3v) is 4.97. The number of carbonyl (C=O) groups is 2. The molecule has 0 aromatic carbocycles. The van der Waals surface area contributed by atoms with Crippen LogP contribution in [0.5, 0.6) is 0 Å². The van der Waals surface area contributed by atoms with Crippen molar-refractivity contribution in [1.29, 1.82) is 0 Å². The molecule has 126 valence electrons. The van der Waals surface area contributed by atoms with Gasteiger partial charge in [-0.1, -0.05) is 32.5 Å². The van der Waals surface area contributed by atoms with E-state index in [9.17, 15) is 9.59 Å². The molecule has 6 heteroatoms. The lowest BCUT2D eigenvalue weighted by Crippen LogP contribution is -2.45. The summed E-state index contributed by atoms with van der Waals surface area (Å²) in [6.07, 6.45) is 2.80. The van der Waals surface area contributed by atoms with Gasteiger partial charge in [-0.05, 0) is 31.4 Å². The number of pyridine rings is 1.